The van der Waals surface area contributed by atoms with Gasteiger partial charge < -0.3 is 5.11 Å². The van der Waals surface area contributed by atoms with Gasteiger partial charge in [-0.2, -0.15) is 0 Å². The maximum atomic E-state index is 10.2. The standard InChI is InChI=1S/C20HCl41O/c21-1(22,3(25,26)5(29,30)7(33,34)9(37,38)11(41,42)13(45,46)15(49,50)17(53,54)19(57,58)59)2(23,24)4(27,28)6(31,32)8(35,36)10(39,40)12(43,44)14(47,48)16(51,52)18(55,56)20(60,61)62/h62H. The Bertz CT molecular complexity index is 1510. The van der Waals surface area contributed by atoms with E-state index in [1.54, 1.807) is 0 Å². The molecule has 0 bridgehead atoms. The van der Waals surface area contributed by atoms with Gasteiger partial charge in [0, 0.05) is 0 Å². The van der Waals surface area contributed by atoms with Crippen LogP contribution in [0.1, 0.15) is 0 Å². The summed E-state index contributed by atoms with van der Waals surface area (Å²) in [6.45, 7) is 0. The van der Waals surface area contributed by atoms with Crippen LogP contribution in [0.15, 0.2) is 0 Å². The summed E-state index contributed by atoms with van der Waals surface area (Å²) in [7, 11) is 0. The lowest BCUT2D eigenvalue weighted by Crippen LogP contribution is -2.76. The van der Waals surface area contributed by atoms with Gasteiger partial charge in [0.15, 0.2) is 69.3 Å². The SMILES string of the molecule is OC(Cl)(Cl)C(Cl)(Cl)C(Cl)(Cl)C(Cl)(Cl)C(Cl)(Cl)C(Cl)(Cl)C(Cl)(Cl)C(Cl)(Cl)C(Cl)(Cl)C(Cl)(Cl)C(Cl)(Cl)C(Cl)(Cl)C(Cl)(Cl)C(Cl)(Cl)C(Cl)(Cl)C(Cl)(Cl)C(Cl)(Cl)C(Cl)(Cl)C(Cl)(Cl)C(Cl)(Cl)Cl. The molecule has 0 radical (unpaired) electrons. The molecular formula is C20HCl41O. The van der Waals surface area contributed by atoms with Crippen LogP contribution in [0.2, 0.25) is 0 Å². The van der Waals surface area contributed by atoms with E-state index in [0.717, 1.165) is 0 Å². The molecular weight excluding hydrogens is 1710 g/mol. The molecule has 1 nitrogen and oxygen atoms in total. The van der Waals surface area contributed by atoms with Gasteiger partial charge in [-0.15, -0.1) is 0 Å². The zero-order valence-corrected chi connectivity index (χ0v) is 56.9. The van der Waals surface area contributed by atoms with Gasteiger partial charge in [0.05, 0.1) is 0 Å². The first-order chi connectivity index (χ1) is 25.8. The average molecular weight is 1710 g/mol. The molecule has 0 aliphatic carbocycles. The number of alkyl halides is 41. The molecule has 0 aromatic heterocycles. The van der Waals surface area contributed by atoms with Gasteiger partial charge in [-0.1, -0.05) is 476 Å². The van der Waals surface area contributed by atoms with E-state index in [1.807, 2.05) is 0 Å². The van der Waals surface area contributed by atoms with Crippen LogP contribution < -0.4 is 0 Å². The average Bonchev–Trinajstić information content (AvgIpc) is 3.01. The summed E-state index contributed by atoms with van der Waals surface area (Å²) >= 11 is 261. The van der Waals surface area contributed by atoms with Crippen LogP contribution in [0.3, 0.4) is 0 Å². The topological polar surface area (TPSA) is 20.2 Å². The highest BCUT2D eigenvalue weighted by Crippen LogP contribution is 2.79. The summed E-state index contributed by atoms with van der Waals surface area (Å²) in [5.41, 5.74) is 0. The molecule has 0 aromatic carbocycles. The monoisotopic (exact) mass is 1690 g/mol. The van der Waals surface area contributed by atoms with Crippen molar-refractivity contribution >= 4 is 476 Å². The maximum Gasteiger partial charge on any atom is 0.251 e. The first kappa shape index (κ1) is 73.8. The molecule has 62 heavy (non-hydrogen) atoms. The van der Waals surface area contributed by atoms with Gasteiger partial charge in [0.2, 0.25) is 12.5 Å². The summed E-state index contributed by atoms with van der Waals surface area (Å²) < 4.78 is -71.3. The third-order valence-electron chi connectivity index (χ3n) is 7.44. The Morgan fingerprint density at radius 3 is 0.290 bits per heavy atom. The van der Waals surface area contributed by atoms with Crippen LogP contribution in [-0.2, 0) is 0 Å². The molecule has 374 valence electrons. The summed E-state index contributed by atoms with van der Waals surface area (Å²) in [5, 5.41) is 10.2. The number of halogens is 41. The molecule has 1 N–H and O–H groups in total. The van der Waals surface area contributed by atoms with E-state index in [0.29, 0.717) is 0 Å². The molecule has 0 aliphatic heterocycles. The van der Waals surface area contributed by atoms with Gasteiger partial charge in [-0.05, 0) is 0 Å². The molecule has 0 atom stereocenters. The smallest absolute Gasteiger partial charge is 0.251 e. The van der Waals surface area contributed by atoms with Crippen LogP contribution in [0.5, 0.6) is 0 Å². The van der Waals surface area contributed by atoms with E-state index in [4.69, 9.17) is 476 Å². The number of aliphatic hydroxyl groups is 1. The lowest BCUT2D eigenvalue weighted by Gasteiger charge is -2.59. The molecule has 0 saturated heterocycles. The molecule has 42 heteroatoms. The van der Waals surface area contributed by atoms with Crippen molar-refractivity contribution in [3.63, 3.8) is 0 Å². The van der Waals surface area contributed by atoms with Crippen molar-refractivity contribution in [1.29, 1.82) is 0 Å². The summed E-state index contributed by atoms with van der Waals surface area (Å²) in [4.78, 5) is 0. The van der Waals surface area contributed by atoms with Crippen LogP contribution in [0.25, 0.3) is 0 Å². The zero-order chi connectivity index (χ0) is 52.0. The van der Waals surface area contributed by atoms with E-state index in [1.165, 1.54) is 0 Å². The number of rotatable bonds is 18. The second-order valence-electron chi connectivity index (χ2n) is 11.4. The van der Waals surface area contributed by atoms with E-state index < -0.39 is 86.3 Å². The third-order valence-corrected chi connectivity index (χ3v) is 36.8. The molecule has 0 rings (SSSR count). The minimum Gasteiger partial charge on any atom is -0.360 e. The Balaban J connectivity index is 7.98. The highest BCUT2D eigenvalue weighted by Gasteiger charge is 2.89. The van der Waals surface area contributed by atoms with Gasteiger partial charge in [0.25, 0.3) is 4.52 Å². The fourth-order valence-electron chi connectivity index (χ4n) is 3.52. The normalized spacial score (nSPS) is 17.5. The van der Waals surface area contributed by atoms with E-state index in [-0.39, 0.29) is 0 Å². The largest absolute Gasteiger partial charge is 0.360 e. The minimum atomic E-state index is -3.80. The predicted octanol–water partition coefficient (Wildman–Crippen LogP) is 23.6. The molecule has 0 fully saturated rings. The quantitative estimate of drug-likeness (QED) is 0.136. The third kappa shape index (κ3) is 10.8. The highest BCUT2D eigenvalue weighted by molar-refractivity contribution is 6.87. The number of hydrogen-bond acceptors (Lipinski definition) is 1. The first-order valence-corrected chi connectivity index (χ1v) is 28.2. The lowest BCUT2D eigenvalue weighted by molar-refractivity contribution is 0.181. The molecule has 0 amide bonds. The van der Waals surface area contributed by atoms with Gasteiger partial charge in [-0.3, -0.25) is 0 Å². The molecule has 0 aromatic rings. The van der Waals surface area contributed by atoms with Crippen molar-refractivity contribution in [1.82, 2.24) is 0 Å². The van der Waals surface area contributed by atoms with Crippen LogP contribution >= 0.6 is 476 Å². The van der Waals surface area contributed by atoms with Crippen molar-refractivity contribution in [2.75, 3.05) is 0 Å². The summed E-state index contributed by atoms with van der Waals surface area (Å²) in [6.07, 6.45) is 0. The van der Waals surface area contributed by atoms with E-state index >= 15 is 0 Å². The van der Waals surface area contributed by atoms with Crippen molar-refractivity contribution in [3.8, 4) is 0 Å². The Kier molecular flexibility index (Phi) is 25.8. The summed E-state index contributed by atoms with van der Waals surface area (Å²) in [5.74, 6) is 0. The molecule has 0 spiro atoms. The van der Waals surface area contributed by atoms with E-state index in [9.17, 15) is 5.11 Å². The van der Waals surface area contributed by atoms with Crippen molar-refractivity contribution in [3.05, 3.63) is 0 Å². The molecule has 0 unspecified atom stereocenters. The van der Waals surface area contributed by atoms with Crippen LogP contribution in [0.4, 0.5) is 0 Å². The first-order valence-electron chi connectivity index (χ1n) is 12.7. The zero-order valence-electron chi connectivity index (χ0n) is 25.9. The van der Waals surface area contributed by atoms with E-state index in [2.05, 4.69) is 0 Å². The molecule has 0 aliphatic rings. The van der Waals surface area contributed by atoms with Crippen molar-refractivity contribution in [2.24, 2.45) is 0 Å². The fourth-order valence-corrected chi connectivity index (χ4v) is 17.4. The summed E-state index contributed by atoms with van der Waals surface area (Å²) in [6, 6.07) is 0. The number of hydrogen-bond donors (Lipinski definition) is 1. The van der Waals surface area contributed by atoms with Gasteiger partial charge in [0.1, 0.15) is 0 Å². The Morgan fingerprint density at radius 2 is 0.210 bits per heavy atom. The Hall–Kier alpha value is 11.8. The lowest BCUT2D eigenvalue weighted by atomic mass is 9.96. The Labute approximate surface area is 557 Å². The second kappa shape index (κ2) is 21.6. The maximum absolute atomic E-state index is 10.2. The second-order valence-corrected chi connectivity index (χ2v) is 38.8. The van der Waals surface area contributed by atoms with Crippen molar-refractivity contribution < 1.29 is 5.11 Å². The van der Waals surface area contributed by atoms with Crippen LogP contribution in [0, 0.1) is 0 Å². The molecule has 0 saturated carbocycles. The van der Waals surface area contributed by atoms with Crippen molar-refractivity contribution in [2.45, 2.75) is 86.3 Å². The van der Waals surface area contributed by atoms with Gasteiger partial charge in [-0.25, -0.2) is 0 Å². The van der Waals surface area contributed by atoms with Crippen LogP contribution in [-0.4, -0.2) is 91.4 Å². The Morgan fingerprint density at radius 1 is 0.129 bits per heavy atom. The van der Waals surface area contributed by atoms with Gasteiger partial charge >= 0.3 is 0 Å². The fraction of sp³-hybridized carbons (Fsp3) is 1.00. The minimum absolute atomic E-state index is 2.90. The highest BCUT2D eigenvalue weighted by atomic mass is 35.6. The predicted molar refractivity (Wildman–Crippen MR) is 297 cm³/mol. The molecule has 0 heterocycles.